The van der Waals surface area contributed by atoms with Crippen LogP contribution >= 0.6 is 0 Å². The lowest BCUT2D eigenvalue weighted by Crippen LogP contribution is -2.32. The van der Waals surface area contributed by atoms with Crippen molar-refractivity contribution < 1.29 is 49.5 Å². The molecule has 0 bridgehead atoms. The quantitative estimate of drug-likeness (QED) is 0.0815. The molecule has 0 heterocycles. The van der Waals surface area contributed by atoms with E-state index in [1.807, 2.05) is 0 Å². The van der Waals surface area contributed by atoms with Crippen LogP contribution in [0.25, 0.3) is 0 Å². The third kappa shape index (κ3) is 37.2. The fourth-order valence-corrected chi connectivity index (χ4v) is 0.918. The number of carboxylic acids is 5. The lowest BCUT2D eigenvalue weighted by molar-refractivity contribution is -0.144. The van der Waals surface area contributed by atoms with Crippen molar-refractivity contribution in [1.29, 1.82) is 0 Å². The first-order valence-electron chi connectivity index (χ1n) is 8.63. The van der Waals surface area contributed by atoms with Crippen LogP contribution in [0.1, 0.15) is 26.2 Å². The Labute approximate surface area is 183 Å². The SMILES string of the molecule is C[C@H](N)C(=O)O.NC(N)=NCCC[C@H](N)C(=O)O.NCC(=O)O.N[C@@H](CC(=O)O)C(=O)O. The van der Waals surface area contributed by atoms with Gasteiger partial charge in [0.05, 0.1) is 13.0 Å². The standard InChI is InChI=1S/C6H14N4O2.C4H7NO4.C3H7NO2.C2H5NO2/c7-4(5(11)12)2-1-3-10-6(8)9;5-2(4(8)9)1-3(6)7;1-2(4)3(5)6;3-1-2(4)5/h4H,1-3,7H2,(H,11,12)(H4,8,9,10);2H,1,5H2,(H,6,7)(H,8,9);2H,4H2,1H3,(H,5,6);1,3H2,(H,4,5)/t4-;2*2-;/m000./s1. The van der Waals surface area contributed by atoms with Crippen LogP contribution in [0.4, 0.5) is 0 Å². The average Bonchev–Trinajstić information content (AvgIpc) is 2.65. The monoisotopic (exact) mass is 471 g/mol. The van der Waals surface area contributed by atoms with Crippen molar-refractivity contribution in [3.05, 3.63) is 0 Å². The second kappa shape index (κ2) is 22.2. The van der Waals surface area contributed by atoms with Crippen molar-refractivity contribution in [2.24, 2.45) is 39.4 Å². The Balaban J connectivity index is -0.000000173. The summed E-state index contributed by atoms with van der Waals surface area (Å²) in [5.41, 5.74) is 29.6. The van der Waals surface area contributed by atoms with E-state index >= 15 is 0 Å². The average molecular weight is 471 g/mol. The van der Waals surface area contributed by atoms with Crippen molar-refractivity contribution in [2.45, 2.75) is 44.3 Å². The number of hydrogen-bond donors (Lipinski definition) is 11. The highest BCUT2D eigenvalue weighted by Crippen LogP contribution is 1.94. The van der Waals surface area contributed by atoms with Crippen LogP contribution in [-0.4, -0.2) is 92.6 Å². The van der Waals surface area contributed by atoms with E-state index in [4.69, 9.17) is 54.2 Å². The van der Waals surface area contributed by atoms with Crippen molar-refractivity contribution in [1.82, 2.24) is 0 Å². The molecule has 0 aliphatic heterocycles. The molecule has 17 heteroatoms. The minimum Gasteiger partial charge on any atom is -0.481 e. The zero-order valence-electron chi connectivity index (χ0n) is 17.5. The Morgan fingerprint density at radius 1 is 0.781 bits per heavy atom. The maximum Gasteiger partial charge on any atom is 0.321 e. The fraction of sp³-hybridized carbons (Fsp3) is 0.600. The maximum atomic E-state index is 10.2. The van der Waals surface area contributed by atoms with Gasteiger partial charge in [-0.2, -0.15) is 0 Å². The van der Waals surface area contributed by atoms with Crippen LogP contribution in [0, 0.1) is 0 Å². The minimum atomic E-state index is -1.29. The molecule has 0 saturated carbocycles. The van der Waals surface area contributed by atoms with E-state index in [-0.39, 0.29) is 12.5 Å². The molecule has 0 aliphatic rings. The van der Waals surface area contributed by atoms with Gasteiger partial charge in [0.1, 0.15) is 18.1 Å². The van der Waals surface area contributed by atoms with Crippen molar-refractivity contribution in [3.8, 4) is 0 Å². The van der Waals surface area contributed by atoms with Gasteiger partial charge in [-0.3, -0.25) is 29.0 Å². The lowest BCUT2D eigenvalue weighted by Gasteiger charge is -2.03. The molecule has 188 valence electrons. The number of hydrogen-bond acceptors (Lipinski definition) is 10. The summed E-state index contributed by atoms with van der Waals surface area (Å²) in [6.45, 7) is 1.56. The molecule has 0 rings (SSSR count). The second-order valence-corrected chi connectivity index (χ2v) is 5.66. The summed E-state index contributed by atoms with van der Waals surface area (Å²) in [7, 11) is 0. The molecule has 32 heavy (non-hydrogen) atoms. The van der Waals surface area contributed by atoms with Gasteiger partial charge in [0.25, 0.3) is 0 Å². The number of nitrogens with zero attached hydrogens (tertiary/aromatic N) is 1. The number of nitrogens with two attached hydrogens (primary N) is 6. The van der Waals surface area contributed by atoms with Crippen LogP contribution in [-0.2, 0) is 24.0 Å². The molecule has 0 aliphatic carbocycles. The molecule has 17 nitrogen and oxygen atoms in total. The third-order valence-electron chi connectivity index (χ3n) is 2.56. The molecule has 17 N–H and O–H groups in total. The summed E-state index contributed by atoms with van der Waals surface area (Å²) < 4.78 is 0. The van der Waals surface area contributed by atoms with E-state index in [2.05, 4.69) is 10.7 Å². The molecule has 0 aromatic carbocycles. The van der Waals surface area contributed by atoms with E-state index in [1.54, 1.807) is 0 Å². The van der Waals surface area contributed by atoms with Crippen LogP contribution in [0.2, 0.25) is 0 Å². The number of carboxylic acid groups (broad SMARTS) is 5. The molecule has 3 atom stereocenters. The van der Waals surface area contributed by atoms with Crippen molar-refractivity contribution in [2.75, 3.05) is 13.1 Å². The molecule has 0 aromatic heterocycles. The molecule has 0 amide bonds. The van der Waals surface area contributed by atoms with E-state index in [1.165, 1.54) is 6.92 Å². The topological polar surface area (TPSA) is 355 Å². The molecule has 0 spiro atoms. The first kappa shape index (κ1) is 35.9. The van der Waals surface area contributed by atoms with Gasteiger partial charge in [-0.1, -0.05) is 0 Å². The third-order valence-corrected chi connectivity index (χ3v) is 2.56. The predicted octanol–water partition coefficient (Wildman–Crippen LogP) is -4.23. The fourth-order valence-electron chi connectivity index (χ4n) is 0.918. The number of rotatable bonds is 10. The zero-order chi connectivity index (χ0) is 26.4. The van der Waals surface area contributed by atoms with Gasteiger partial charge in [-0.25, -0.2) is 0 Å². The number of carbonyl (C=O) groups is 5. The lowest BCUT2D eigenvalue weighted by atomic mass is 10.2. The largest absolute Gasteiger partial charge is 0.481 e. The molecule has 0 unspecified atom stereocenters. The van der Waals surface area contributed by atoms with Gasteiger partial charge >= 0.3 is 29.8 Å². The zero-order valence-corrected chi connectivity index (χ0v) is 17.5. The maximum absolute atomic E-state index is 10.2. The van der Waals surface area contributed by atoms with Crippen LogP contribution < -0.4 is 34.4 Å². The van der Waals surface area contributed by atoms with E-state index in [0.29, 0.717) is 19.4 Å². The van der Waals surface area contributed by atoms with Crippen molar-refractivity contribution >= 4 is 35.8 Å². The van der Waals surface area contributed by atoms with Crippen LogP contribution in [0.3, 0.4) is 0 Å². The van der Waals surface area contributed by atoms with Gasteiger partial charge in [0.2, 0.25) is 0 Å². The van der Waals surface area contributed by atoms with Gasteiger partial charge in [-0.05, 0) is 19.8 Å². The minimum absolute atomic E-state index is 0.0129. The number of guanidine groups is 1. The first-order chi connectivity index (χ1) is 14.5. The van der Waals surface area contributed by atoms with E-state index in [0.717, 1.165) is 0 Å². The molecule has 0 aromatic rings. The van der Waals surface area contributed by atoms with E-state index < -0.39 is 54.4 Å². The molecule has 0 fully saturated rings. The Hall–Kier alpha value is -3.54. The summed E-state index contributed by atoms with van der Waals surface area (Å²) >= 11 is 0. The number of aliphatic imine (C=N–C) groups is 1. The molecular weight excluding hydrogens is 438 g/mol. The molecular formula is C15H33N7O10. The normalized spacial score (nSPS) is 11.8. The Morgan fingerprint density at radius 2 is 1.16 bits per heavy atom. The molecule has 0 saturated heterocycles. The predicted molar refractivity (Wildman–Crippen MR) is 111 cm³/mol. The summed E-state index contributed by atoms with van der Waals surface area (Å²) in [5, 5.41) is 39.9. The smallest absolute Gasteiger partial charge is 0.321 e. The van der Waals surface area contributed by atoms with Crippen molar-refractivity contribution in [3.63, 3.8) is 0 Å². The second-order valence-electron chi connectivity index (χ2n) is 5.66. The Bertz CT molecular complexity index is 609. The number of aliphatic carboxylic acids is 5. The first-order valence-corrected chi connectivity index (χ1v) is 8.63. The van der Waals surface area contributed by atoms with Gasteiger partial charge in [0.15, 0.2) is 5.96 Å². The Kier molecular flexibility index (Phi) is 24.8. The van der Waals surface area contributed by atoms with Crippen LogP contribution in [0.5, 0.6) is 0 Å². The Morgan fingerprint density at radius 3 is 1.34 bits per heavy atom. The van der Waals surface area contributed by atoms with Crippen LogP contribution in [0.15, 0.2) is 4.99 Å². The summed E-state index contributed by atoms with van der Waals surface area (Å²) in [5.74, 6) is -5.42. The highest BCUT2D eigenvalue weighted by atomic mass is 16.4. The van der Waals surface area contributed by atoms with Gasteiger partial charge in [-0.15, -0.1) is 0 Å². The highest BCUT2D eigenvalue weighted by molar-refractivity contribution is 5.80. The molecule has 0 radical (unpaired) electrons. The highest BCUT2D eigenvalue weighted by Gasteiger charge is 2.14. The van der Waals surface area contributed by atoms with Gasteiger partial charge < -0.3 is 59.9 Å². The summed E-state index contributed by atoms with van der Waals surface area (Å²) in [6, 6.07) is -2.84. The van der Waals surface area contributed by atoms with Gasteiger partial charge in [0, 0.05) is 6.54 Å². The van der Waals surface area contributed by atoms with E-state index in [9.17, 15) is 24.0 Å². The summed E-state index contributed by atoms with van der Waals surface area (Å²) in [6.07, 6.45) is 0.423. The summed E-state index contributed by atoms with van der Waals surface area (Å²) in [4.78, 5) is 52.3.